The molecule has 9 heteroatoms. The van der Waals surface area contributed by atoms with Crippen LogP contribution in [0.15, 0.2) is 39.9 Å². The number of fused-ring (bicyclic) bond motifs is 3. The van der Waals surface area contributed by atoms with Crippen molar-refractivity contribution in [1.82, 2.24) is 29.0 Å². The molecule has 4 aromatic rings. The van der Waals surface area contributed by atoms with Gasteiger partial charge in [-0.1, -0.05) is 24.2 Å². The lowest BCUT2D eigenvalue weighted by molar-refractivity contribution is 0.0690. The van der Waals surface area contributed by atoms with Crippen LogP contribution in [0.4, 0.5) is 0 Å². The highest BCUT2D eigenvalue weighted by atomic mass is 16.5. The quantitative estimate of drug-likeness (QED) is 0.514. The van der Waals surface area contributed by atoms with Crippen LogP contribution >= 0.6 is 0 Å². The predicted octanol–water partition coefficient (Wildman–Crippen LogP) is 2.28. The van der Waals surface area contributed by atoms with Crippen molar-refractivity contribution in [3.05, 3.63) is 46.8 Å². The second-order valence-corrected chi connectivity index (χ2v) is 9.13. The van der Waals surface area contributed by atoms with E-state index in [9.17, 15) is 9.90 Å². The summed E-state index contributed by atoms with van der Waals surface area (Å²) in [6.45, 7) is 4.98. The van der Waals surface area contributed by atoms with Crippen LogP contribution < -0.4 is 5.56 Å². The van der Waals surface area contributed by atoms with Crippen LogP contribution in [0.1, 0.15) is 38.0 Å². The summed E-state index contributed by atoms with van der Waals surface area (Å²) >= 11 is 0. The molecular formula is C23H26N6O3. The van der Waals surface area contributed by atoms with Gasteiger partial charge in [-0.2, -0.15) is 4.98 Å². The van der Waals surface area contributed by atoms with Crippen molar-refractivity contribution in [2.45, 2.75) is 44.8 Å². The maximum absolute atomic E-state index is 13.7. The maximum atomic E-state index is 13.7. The maximum Gasteiger partial charge on any atom is 0.277 e. The SMILES string of the molecule is CC1CC1c1nc(-c2ncn3c2c(=O)n(CCN2CCCC(O)C2)c2ccccc23)no1. The first-order chi connectivity index (χ1) is 15.6. The lowest BCUT2D eigenvalue weighted by Gasteiger charge is -2.30. The minimum Gasteiger partial charge on any atom is -0.392 e. The van der Waals surface area contributed by atoms with Gasteiger partial charge in [0.2, 0.25) is 11.7 Å². The third-order valence-electron chi connectivity index (χ3n) is 6.85. The Bertz CT molecular complexity index is 1360. The van der Waals surface area contributed by atoms with Crippen LogP contribution in [0.5, 0.6) is 0 Å². The van der Waals surface area contributed by atoms with Crippen LogP contribution in [0, 0.1) is 5.92 Å². The third-order valence-corrected chi connectivity index (χ3v) is 6.85. The molecule has 4 heterocycles. The molecule has 2 aliphatic rings. The van der Waals surface area contributed by atoms with Gasteiger partial charge in [-0.25, -0.2) is 4.98 Å². The van der Waals surface area contributed by atoms with Crippen LogP contribution in [0.25, 0.3) is 28.1 Å². The van der Waals surface area contributed by atoms with E-state index in [1.54, 1.807) is 10.9 Å². The van der Waals surface area contributed by atoms with Gasteiger partial charge in [0.15, 0.2) is 0 Å². The highest BCUT2D eigenvalue weighted by Crippen LogP contribution is 2.46. The van der Waals surface area contributed by atoms with Crippen LogP contribution in [0.2, 0.25) is 0 Å². The molecule has 1 saturated carbocycles. The number of nitrogens with zero attached hydrogens (tertiary/aromatic N) is 6. The Kier molecular flexibility index (Phi) is 4.62. The molecule has 3 atom stereocenters. The van der Waals surface area contributed by atoms with Crippen molar-refractivity contribution in [1.29, 1.82) is 0 Å². The molecule has 6 rings (SSSR count). The number of aromatic nitrogens is 5. The monoisotopic (exact) mass is 434 g/mol. The van der Waals surface area contributed by atoms with Gasteiger partial charge in [0.25, 0.3) is 5.56 Å². The fourth-order valence-electron chi connectivity index (χ4n) is 4.88. The van der Waals surface area contributed by atoms with Crippen LogP contribution in [0.3, 0.4) is 0 Å². The van der Waals surface area contributed by atoms with Crippen molar-refractivity contribution in [2.75, 3.05) is 19.6 Å². The molecule has 3 aromatic heterocycles. The van der Waals surface area contributed by atoms with Gasteiger partial charge < -0.3 is 14.2 Å². The summed E-state index contributed by atoms with van der Waals surface area (Å²) in [5.74, 6) is 1.84. The zero-order valence-corrected chi connectivity index (χ0v) is 18.0. The number of aliphatic hydroxyl groups excluding tert-OH is 1. The molecule has 1 aliphatic carbocycles. The second-order valence-electron chi connectivity index (χ2n) is 9.13. The van der Waals surface area contributed by atoms with Gasteiger partial charge in [0.05, 0.1) is 17.1 Å². The molecule has 0 amide bonds. The molecule has 0 spiro atoms. The first-order valence-corrected chi connectivity index (χ1v) is 11.3. The fourth-order valence-corrected chi connectivity index (χ4v) is 4.88. The number of aliphatic hydroxyl groups is 1. The lowest BCUT2D eigenvalue weighted by Crippen LogP contribution is -2.40. The Hall–Kier alpha value is -3.04. The summed E-state index contributed by atoms with van der Waals surface area (Å²) in [5, 5.41) is 14.1. The van der Waals surface area contributed by atoms with Crippen molar-refractivity contribution in [3.63, 3.8) is 0 Å². The minimum absolute atomic E-state index is 0.125. The highest BCUT2D eigenvalue weighted by molar-refractivity contribution is 5.83. The smallest absolute Gasteiger partial charge is 0.277 e. The van der Waals surface area contributed by atoms with Crippen LogP contribution in [-0.4, -0.2) is 59.8 Å². The van der Waals surface area contributed by atoms with E-state index in [0.717, 1.165) is 36.8 Å². The van der Waals surface area contributed by atoms with Gasteiger partial charge in [-0.15, -0.1) is 0 Å². The standard InChI is InChI=1S/C23H26N6O3/c1-14-11-16(14)22-25-21(26-32-22)19-20-23(31)28(10-9-27-8-4-5-15(30)12-27)17-6-2-3-7-18(17)29(20)13-24-19/h2-3,6-7,13-16,30H,4-5,8-12H2,1H3. The largest absolute Gasteiger partial charge is 0.392 e. The van der Waals surface area contributed by atoms with E-state index in [1.165, 1.54) is 0 Å². The molecular weight excluding hydrogens is 408 g/mol. The minimum atomic E-state index is -0.289. The molecule has 32 heavy (non-hydrogen) atoms. The Morgan fingerprint density at radius 2 is 2.03 bits per heavy atom. The van der Waals surface area contributed by atoms with E-state index in [0.29, 0.717) is 54.4 Å². The average Bonchev–Trinajstić information content (AvgIpc) is 3.18. The highest BCUT2D eigenvalue weighted by Gasteiger charge is 2.39. The molecule has 2 fully saturated rings. The van der Waals surface area contributed by atoms with Crippen molar-refractivity contribution in [2.24, 2.45) is 5.92 Å². The third kappa shape index (κ3) is 3.23. The molecule has 1 saturated heterocycles. The van der Waals surface area contributed by atoms with Crippen LogP contribution in [-0.2, 0) is 6.54 Å². The Morgan fingerprint density at radius 3 is 2.81 bits per heavy atom. The molecule has 166 valence electrons. The summed E-state index contributed by atoms with van der Waals surface area (Å²) in [5.41, 5.74) is 2.54. The zero-order valence-electron chi connectivity index (χ0n) is 18.0. The van der Waals surface area contributed by atoms with Gasteiger partial charge in [-0.3, -0.25) is 14.1 Å². The van der Waals surface area contributed by atoms with Crippen molar-refractivity contribution >= 4 is 16.6 Å². The van der Waals surface area contributed by atoms with Crippen molar-refractivity contribution in [3.8, 4) is 11.5 Å². The lowest BCUT2D eigenvalue weighted by atomic mass is 10.1. The number of rotatable bonds is 5. The molecule has 1 aliphatic heterocycles. The molecule has 0 bridgehead atoms. The molecule has 9 nitrogen and oxygen atoms in total. The van der Waals surface area contributed by atoms with E-state index in [1.807, 2.05) is 28.7 Å². The summed E-state index contributed by atoms with van der Waals surface area (Å²) < 4.78 is 9.11. The molecule has 1 N–H and O–H groups in total. The van der Waals surface area contributed by atoms with Crippen molar-refractivity contribution < 1.29 is 9.63 Å². The predicted molar refractivity (Wildman–Crippen MR) is 118 cm³/mol. The molecule has 1 aromatic carbocycles. The van der Waals surface area contributed by atoms with E-state index >= 15 is 0 Å². The van der Waals surface area contributed by atoms with Gasteiger partial charge in [0, 0.05) is 25.6 Å². The Labute approximate surface area is 184 Å². The number of benzene rings is 1. The summed E-state index contributed by atoms with van der Waals surface area (Å²) in [6.07, 6.45) is 4.24. The van der Waals surface area contributed by atoms with E-state index in [2.05, 4.69) is 26.9 Å². The van der Waals surface area contributed by atoms with Gasteiger partial charge in [0.1, 0.15) is 17.5 Å². The topological polar surface area (TPSA) is 102 Å². The van der Waals surface area contributed by atoms with Gasteiger partial charge in [-0.05, 0) is 43.9 Å². The number of hydrogen-bond donors (Lipinski definition) is 1. The van der Waals surface area contributed by atoms with E-state index in [-0.39, 0.29) is 11.7 Å². The number of likely N-dealkylation sites (tertiary alicyclic amines) is 1. The zero-order chi connectivity index (χ0) is 21.8. The fraction of sp³-hybridized carbons (Fsp3) is 0.478. The molecule has 0 radical (unpaired) electrons. The summed E-state index contributed by atoms with van der Waals surface area (Å²) in [7, 11) is 0. The summed E-state index contributed by atoms with van der Waals surface area (Å²) in [6, 6.07) is 7.84. The normalized spacial score (nSPS) is 23.9. The number of piperidine rings is 1. The van der Waals surface area contributed by atoms with E-state index in [4.69, 9.17) is 4.52 Å². The summed E-state index contributed by atoms with van der Waals surface area (Å²) in [4.78, 5) is 25.0. The number of para-hydroxylation sites is 2. The Balaban J connectivity index is 1.44. The second kappa shape index (κ2) is 7.53. The first-order valence-electron chi connectivity index (χ1n) is 11.3. The average molecular weight is 435 g/mol. The number of imidazole rings is 1. The Morgan fingerprint density at radius 1 is 1.22 bits per heavy atom. The van der Waals surface area contributed by atoms with Gasteiger partial charge >= 0.3 is 0 Å². The molecule has 3 unspecified atom stereocenters. The number of β-amino-alcohol motifs (C(OH)–C–C–N with tert-alkyl or cyclic N) is 1. The first kappa shape index (κ1) is 19.6. The van der Waals surface area contributed by atoms with E-state index < -0.39 is 0 Å². The number of hydrogen-bond acceptors (Lipinski definition) is 7.